The molecule has 2 amide bonds. The van der Waals surface area contributed by atoms with Gasteiger partial charge in [-0.05, 0) is 83.9 Å². The van der Waals surface area contributed by atoms with E-state index in [9.17, 15) is 18.8 Å². The van der Waals surface area contributed by atoms with E-state index in [1.54, 1.807) is 110 Å². The SMILES string of the molecule is COc1cccc(/C=C(\NC(=O)c2ccccc2)C(=O)Nc2ccc(C(=O)/C=C/c3ccc(F)cc3)cc2)c1. The van der Waals surface area contributed by atoms with Crippen molar-refractivity contribution in [2.45, 2.75) is 0 Å². The topological polar surface area (TPSA) is 84.5 Å². The summed E-state index contributed by atoms with van der Waals surface area (Å²) >= 11 is 0. The van der Waals surface area contributed by atoms with E-state index >= 15 is 0 Å². The Bertz CT molecular complexity index is 1530. The number of carbonyl (C=O) groups is 3. The van der Waals surface area contributed by atoms with Crippen molar-refractivity contribution < 1.29 is 23.5 Å². The molecule has 6 nitrogen and oxygen atoms in total. The summed E-state index contributed by atoms with van der Waals surface area (Å²) < 4.78 is 18.3. The molecule has 0 atom stereocenters. The molecule has 0 spiro atoms. The van der Waals surface area contributed by atoms with Crippen LogP contribution < -0.4 is 15.4 Å². The largest absolute Gasteiger partial charge is 0.497 e. The number of methoxy groups -OCH3 is 1. The van der Waals surface area contributed by atoms with Gasteiger partial charge in [0.15, 0.2) is 5.78 Å². The number of hydrogen-bond acceptors (Lipinski definition) is 4. The average Bonchev–Trinajstić information content (AvgIpc) is 2.97. The van der Waals surface area contributed by atoms with Crippen molar-refractivity contribution in [3.63, 3.8) is 0 Å². The molecule has 4 rings (SSSR count). The maximum atomic E-state index is 13.2. The number of anilines is 1. The maximum absolute atomic E-state index is 13.2. The second-order valence-electron chi connectivity index (χ2n) is 8.44. The Labute approximate surface area is 225 Å². The molecule has 0 radical (unpaired) electrons. The molecular formula is C32H25FN2O4. The number of nitrogens with one attached hydrogen (secondary N) is 2. The zero-order valence-corrected chi connectivity index (χ0v) is 21.1. The number of hydrogen-bond donors (Lipinski definition) is 2. The van der Waals surface area contributed by atoms with Crippen LogP contribution in [0.4, 0.5) is 10.1 Å². The fraction of sp³-hybridized carbons (Fsp3) is 0.0312. The average molecular weight is 521 g/mol. The van der Waals surface area contributed by atoms with E-state index in [4.69, 9.17) is 4.74 Å². The number of allylic oxidation sites excluding steroid dienone is 1. The smallest absolute Gasteiger partial charge is 0.272 e. The second-order valence-corrected chi connectivity index (χ2v) is 8.44. The van der Waals surface area contributed by atoms with Crippen molar-refractivity contribution in [2.24, 2.45) is 0 Å². The molecule has 39 heavy (non-hydrogen) atoms. The van der Waals surface area contributed by atoms with Crippen LogP contribution in [0, 0.1) is 5.82 Å². The van der Waals surface area contributed by atoms with Crippen LogP contribution in [0.1, 0.15) is 31.8 Å². The van der Waals surface area contributed by atoms with Crippen LogP contribution in [0.2, 0.25) is 0 Å². The lowest BCUT2D eigenvalue weighted by Crippen LogP contribution is -2.30. The molecule has 4 aromatic rings. The van der Waals surface area contributed by atoms with Crippen LogP contribution in [-0.4, -0.2) is 24.7 Å². The van der Waals surface area contributed by atoms with Crippen LogP contribution in [0.25, 0.3) is 12.2 Å². The number of carbonyl (C=O) groups excluding carboxylic acids is 3. The van der Waals surface area contributed by atoms with E-state index in [1.165, 1.54) is 18.2 Å². The molecule has 0 saturated heterocycles. The van der Waals surface area contributed by atoms with Crippen molar-refractivity contribution in [3.8, 4) is 5.75 Å². The molecule has 0 aliphatic heterocycles. The molecule has 0 bridgehead atoms. The zero-order chi connectivity index (χ0) is 27.6. The highest BCUT2D eigenvalue weighted by Crippen LogP contribution is 2.17. The first-order chi connectivity index (χ1) is 18.9. The fourth-order valence-corrected chi connectivity index (χ4v) is 3.60. The normalized spacial score (nSPS) is 11.2. The van der Waals surface area contributed by atoms with Gasteiger partial charge in [-0.1, -0.05) is 48.5 Å². The van der Waals surface area contributed by atoms with Crippen molar-refractivity contribution in [1.29, 1.82) is 0 Å². The lowest BCUT2D eigenvalue weighted by molar-refractivity contribution is -0.113. The van der Waals surface area contributed by atoms with Crippen molar-refractivity contribution in [3.05, 3.63) is 143 Å². The van der Waals surface area contributed by atoms with Gasteiger partial charge in [0.25, 0.3) is 11.8 Å². The molecule has 0 fully saturated rings. The number of ether oxygens (including phenoxy) is 1. The van der Waals surface area contributed by atoms with Gasteiger partial charge in [-0.3, -0.25) is 14.4 Å². The summed E-state index contributed by atoms with van der Waals surface area (Å²) in [6, 6.07) is 27.8. The molecule has 4 aromatic carbocycles. The molecule has 0 aromatic heterocycles. The van der Waals surface area contributed by atoms with E-state index in [-0.39, 0.29) is 17.3 Å². The lowest BCUT2D eigenvalue weighted by atomic mass is 10.1. The Morgan fingerprint density at radius 2 is 1.49 bits per heavy atom. The second kappa shape index (κ2) is 12.8. The van der Waals surface area contributed by atoms with E-state index in [1.807, 2.05) is 0 Å². The fourth-order valence-electron chi connectivity index (χ4n) is 3.60. The summed E-state index contributed by atoms with van der Waals surface area (Å²) in [7, 11) is 1.54. The third-order valence-corrected chi connectivity index (χ3v) is 5.66. The molecule has 194 valence electrons. The predicted molar refractivity (Wildman–Crippen MR) is 150 cm³/mol. The summed E-state index contributed by atoms with van der Waals surface area (Å²) in [5.41, 5.74) is 2.63. The van der Waals surface area contributed by atoms with E-state index in [0.717, 1.165) is 0 Å². The Morgan fingerprint density at radius 3 is 2.18 bits per heavy atom. The van der Waals surface area contributed by atoms with Gasteiger partial charge in [0.1, 0.15) is 17.3 Å². The van der Waals surface area contributed by atoms with Gasteiger partial charge in [0.05, 0.1) is 7.11 Å². The molecule has 0 unspecified atom stereocenters. The summed E-state index contributed by atoms with van der Waals surface area (Å²) in [5, 5.41) is 5.45. The molecular weight excluding hydrogens is 495 g/mol. The van der Waals surface area contributed by atoms with Crippen LogP contribution in [0.15, 0.2) is 115 Å². The summed E-state index contributed by atoms with van der Waals surface area (Å²) in [4.78, 5) is 38.5. The molecule has 0 aliphatic carbocycles. The monoisotopic (exact) mass is 520 g/mol. The number of benzene rings is 4. The zero-order valence-electron chi connectivity index (χ0n) is 21.1. The minimum atomic E-state index is -0.544. The molecule has 2 N–H and O–H groups in total. The van der Waals surface area contributed by atoms with Crippen molar-refractivity contribution in [1.82, 2.24) is 5.32 Å². The Balaban J connectivity index is 1.50. The van der Waals surface area contributed by atoms with E-state index in [0.29, 0.717) is 33.7 Å². The highest BCUT2D eigenvalue weighted by Gasteiger charge is 2.15. The third-order valence-electron chi connectivity index (χ3n) is 5.66. The Hall–Kier alpha value is -5.30. The first kappa shape index (κ1) is 26.8. The maximum Gasteiger partial charge on any atom is 0.272 e. The van der Waals surface area contributed by atoms with Gasteiger partial charge >= 0.3 is 0 Å². The molecule has 7 heteroatoms. The lowest BCUT2D eigenvalue weighted by Gasteiger charge is -2.12. The van der Waals surface area contributed by atoms with E-state index < -0.39 is 11.8 Å². The highest BCUT2D eigenvalue weighted by atomic mass is 19.1. The number of amides is 2. The molecule has 0 aliphatic rings. The van der Waals surface area contributed by atoms with Gasteiger partial charge in [0, 0.05) is 16.8 Å². The summed E-state index contributed by atoms with van der Waals surface area (Å²) in [6.45, 7) is 0. The number of rotatable bonds is 9. The van der Waals surface area contributed by atoms with Crippen molar-refractivity contribution in [2.75, 3.05) is 12.4 Å². The Kier molecular flexibility index (Phi) is 8.77. The quantitative estimate of drug-likeness (QED) is 0.205. The summed E-state index contributed by atoms with van der Waals surface area (Å²) in [6.07, 6.45) is 4.55. The van der Waals surface area contributed by atoms with Gasteiger partial charge < -0.3 is 15.4 Å². The first-order valence-corrected chi connectivity index (χ1v) is 12.0. The predicted octanol–water partition coefficient (Wildman–Crippen LogP) is 6.14. The first-order valence-electron chi connectivity index (χ1n) is 12.0. The van der Waals surface area contributed by atoms with Crippen LogP contribution >= 0.6 is 0 Å². The van der Waals surface area contributed by atoms with Crippen LogP contribution in [0.5, 0.6) is 5.75 Å². The minimum Gasteiger partial charge on any atom is -0.497 e. The number of halogens is 1. The summed E-state index contributed by atoms with van der Waals surface area (Å²) in [5.74, 6) is -0.971. The minimum absolute atomic E-state index is 0.0273. The van der Waals surface area contributed by atoms with Gasteiger partial charge in [-0.25, -0.2) is 4.39 Å². The van der Waals surface area contributed by atoms with E-state index in [2.05, 4.69) is 10.6 Å². The standard InChI is InChI=1S/C32H25FN2O4/c1-39-28-9-5-6-23(20-28)21-29(35-31(37)25-7-3-2-4-8-25)32(38)34-27-17-13-24(14-18-27)30(36)19-12-22-10-15-26(33)16-11-22/h2-21H,1H3,(H,34,38)(H,35,37)/b19-12+,29-21-. The van der Waals surface area contributed by atoms with Gasteiger partial charge in [-0.2, -0.15) is 0 Å². The van der Waals surface area contributed by atoms with Gasteiger partial charge in [0.2, 0.25) is 0 Å². The van der Waals surface area contributed by atoms with Gasteiger partial charge in [-0.15, -0.1) is 0 Å². The molecule has 0 heterocycles. The van der Waals surface area contributed by atoms with Crippen molar-refractivity contribution >= 4 is 35.4 Å². The third kappa shape index (κ3) is 7.60. The van der Waals surface area contributed by atoms with Crippen LogP contribution in [0.3, 0.4) is 0 Å². The Morgan fingerprint density at radius 1 is 0.769 bits per heavy atom. The van der Waals surface area contributed by atoms with Crippen LogP contribution in [-0.2, 0) is 4.79 Å². The number of ketones is 1. The molecule has 0 saturated carbocycles. The highest BCUT2D eigenvalue weighted by molar-refractivity contribution is 6.11.